The number of fused-ring (bicyclic) bond motifs is 4. The second kappa shape index (κ2) is 6.46. The van der Waals surface area contributed by atoms with Gasteiger partial charge in [0.1, 0.15) is 0 Å². The van der Waals surface area contributed by atoms with Gasteiger partial charge in [-0.1, -0.05) is 6.07 Å². The average molecular weight is 322 g/mol. The van der Waals surface area contributed by atoms with Crippen LogP contribution in [0.2, 0.25) is 0 Å². The van der Waals surface area contributed by atoms with Gasteiger partial charge in [-0.2, -0.15) is 11.8 Å². The zero-order chi connectivity index (χ0) is 15.7. The second-order valence-electron chi connectivity index (χ2n) is 6.42. The van der Waals surface area contributed by atoms with Crippen molar-refractivity contribution in [2.75, 3.05) is 25.1 Å². The fourth-order valence-corrected chi connectivity index (χ4v) is 4.24. The lowest BCUT2D eigenvalue weighted by Crippen LogP contribution is -2.69. The molecule has 120 valence electrons. The van der Waals surface area contributed by atoms with Crippen LogP contribution < -0.4 is 11.3 Å². The molecule has 3 heterocycles. The number of nitrogens with zero attached hydrogens (tertiary/aromatic N) is 2. The van der Waals surface area contributed by atoms with E-state index in [1.165, 1.54) is 0 Å². The summed E-state index contributed by atoms with van der Waals surface area (Å²) >= 11 is 1.75. The van der Waals surface area contributed by atoms with Gasteiger partial charge < -0.3 is 15.2 Å². The molecule has 6 heteroatoms. The smallest absolute Gasteiger partial charge is 0.280 e. The topological polar surface area (TPSA) is 70.0 Å². The summed E-state index contributed by atoms with van der Waals surface area (Å²) in [5.41, 5.74) is 5.22. The van der Waals surface area contributed by atoms with E-state index in [2.05, 4.69) is 12.0 Å². The molecule has 2 aliphatic rings. The van der Waals surface area contributed by atoms with Crippen LogP contribution in [0.4, 0.5) is 0 Å². The van der Waals surface area contributed by atoms with Crippen molar-refractivity contribution < 1.29 is 10.5 Å². The first kappa shape index (κ1) is 15.6. The monoisotopic (exact) mass is 322 g/mol. The first-order chi connectivity index (χ1) is 10.6. The largest absolute Gasteiger partial charge is 0.347 e. The molecule has 2 aliphatic heterocycles. The van der Waals surface area contributed by atoms with Gasteiger partial charge >= 0.3 is 0 Å². The molecular weight excluding hydrogens is 298 g/mol. The lowest BCUT2D eigenvalue weighted by molar-refractivity contribution is -0.406. The van der Waals surface area contributed by atoms with Gasteiger partial charge in [0.2, 0.25) is 0 Å². The van der Waals surface area contributed by atoms with Crippen molar-refractivity contribution in [3.05, 3.63) is 34.2 Å². The van der Waals surface area contributed by atoms with Gasteiger partial charge in [-0.25, -0.2) is 0 Å². The summed E-state index contributed by atoms with van der Waals surface area (Å²) in [6.07, 6.45) is 3.97. The van der Waals surface area contributed by atoms with Crippen LogP contribution in [0.1, 0.15) is 24.5 Å². The van der Waals surface area contributed by atoms with Crippen molar-refractivity contribution >= 4 is 17.7 Å². The number of hydrogen-bond donors (Lipinski definition) is 1. The Morgan fingerprint density at radius 3 is 3.00 bits per heavy atom. The standard InChI is InChI=1S/C16H23N3O2S/c1-22-6-5-13(17)16(21)18-8-11-7-12(10-18)14-3-2-4-15(20)19(14)9-11/h2-4,11-13H,5-10,17H2,1H3/p+1/t11-,12+,13-/m0/s1. The molecule has 0 radical (unpaired) electrons. The fraction of sp³-hybridized carbons (Fsp3) is 0.625. The second-order valence-corrected chi connectivity index (χ2v) is 7.41. The molecule has 0 aliphatic carbocycles. The molecule has 22 heavy (non-hydrogen) atoms. The Hall–Kier alpha value is -1.27. The number of likely N-dealkylation sites (tertiary alicyclic amines) is 1. The Kier molecular flexibility index (Phi) is 4.59. The first-order valence-electron chi connectivity index (χ1n) is 7.90. The van der Waals surface area contributed by atoms with Gasteiger partial charge in [0.05, 0.1) is 0 Å². The van der Waals surface area contributed by atoms with E-state index < -0.39 is 0 Å². The van der Waals surface area contributed by atoms with Gasteiger partial charge in [0, 0.05) is 43.7 Å². The third-order valence-corrected chi connectivity index (χ3v) is 5.46. The summed E-state index contributed by atoms with van der Waals surface area (Å²) in [5.74, 6) is 1.83. The van der Waals surface area contributed by atoms with Gasteiger partial charge in [0.15, 0.2) is 6.04 Å². The van der Waals surface area contributed by atoms with Crippen molar-refractivity contribution in [2.45, 2.75) is 31.3 Å². The molecule has 5 nitrogen and oxygen atoms in total. The number of carbonyl (C=O) groups excluding carboxylic acids is 1. The van der Waals surface area contributed by atoms with Gasteiger partial charge in [-0.15, -0.1) is 0 Å². The molecule has 1 saturated heterocycles. The summed E-state index contributed by atoms with van der Waals surface area (Å²) in [5, 5.41) is 0. The highest BCUT2D eigenvalue weighted by Gasteiger charge is 2.37. The molecule has 0 unspecified atom stereocenters. The molecule has 1 aromatic rings. The number of carbonyl (C=O) groups is 1. The zero-order valence-corrected chi connectivity index (χ0v) is 13.8. The molecule has 3 N–H and O–H groups in total. The van der Waals surface area contributed by atoms with Crippen LogP contribution >= 0.6 is 11.8 Å². The van der Waals surface area contributed by atoms with Crippen molar-refractivity contribution in [1.29, 1.82) is 0 Å². The Labute approximate surface area is 134 Å². The minimum absolute atomic E-state index is 0.0852. The molecule has 3 atom stereocenters. The van der Waals surface area contributed by atoms with E-state index in [0.717, 1.165) is 43.9 Å². The maximum Gasteiger partial charge on any atom is 0.280 e. The highest BCUT2D eigenvalue weighted by molar-refractivity contribution is 7.98. The first-order valence-corrected chi connectivity index (χ1v) is 9.30. The van der Waals surface area contributed by atoms with Crippen LogP contribution in [-0.2, 0) is 11.3 Å². The SMILES string of the molecule is CSCC[C@H]([NH3+])C(=O)N1C[C@@H]2C[C@H](C1)c1cccc(=O)n1C2. The summed E-state index contributed by atoms with van der Waals surface area (Å²) in [6.45, 7) is 2.23. The summed E-state index contributed by atoms with van der Waals surface area (Å²) < 4.78 is 1.90. The number of rotatable bonds is 4. The van der Waals surface area contributed by atoms with Crippen molar-refractivity contribution in [3.63, 3.8) is 0 Å². The predicted octanol–water partition coefficient (Wildman–Crippen LogP) is 0.158. The van der Waals surface area contributed by atoms with E-state index in [1.54, 1.807) is 17.8 Å². The third kappa shape index (κ3) is 2.94. The molecule has 0 spiro atoms. The average Bonchev–Trinajstić information content (AvgIpc) is 2.52. The van der Waals surface area contributed by atoms with Gasteiger partial charge in [-0.3, -0.25) is 9.59 Å². The highest BCUT2D eigenvalue weighted by atomic mass is 32.2. The Morgan fingerprint density at radius 1 is 1.41 bits per heavy atom. The van der Waals surface area contributed by atoms with Gasteiger partial charge in [-0.05, 0) is 30.4 Å². The van der Waals surface area contributed by atoms with Crippen LogP contribution in [-0.4, -0.2) is 46.5 Å². The summed E-state index contributed by atoms with van der Waals surface area (Å²) in [7, 11) is 0. The Balaban J connectivity index is 1.76. The van der Waals surface area contributed by atoms with E-state index in [9.17, 15) is 9.59 Å². The minimum atomic E-state index is -0.149. The number of pyridine rings is 1. The van der Waals surface area contributed by atoms with Crippen LogP contribution in [0.5, 0.6) is 0 Å². The molecule has 3 rings (SSSR count). The minimum Gasteiger partial charge on any atom is -0.347 e. The quantitative estimate of drug-likeness (QED) is 0.858. The molecule has 1 amide bonds. The molecule has 0 saturated carbocycles. The number of hydrogen-bond acceptors (Lipinski definition) is 3. The normalized spacial score (nSPS) is 24.7. The Bertz CT molecular complexity index is 616. The van der Waals surface area contributed by atoms with Gasteiger partial charge in [0.25, 0.3) is 11.5 Å². The van der Waals surface area contributed by atoms with E-state index >= 15 is 0 Å². The maximum atomic E-state index is 12.6. The maximum absolute atomic E-state index is 12.6. The molecule has 1 fully saturated rings. The van der Waals surface area contributed by atoms with Crippen molar-refractivity contribution in [2.24, 2.45) is 5.92 Å². The van der Waals surface area contributed by atoms with E-state index in [0.29, 0.717) is 5.92 Å². The fourth-order valence-electron chi connectivity index (χ4n) is 3.72. The van der Waals surface area contributed by atoms with Crippen LogP contribution in [0.3, 0.4) is 0 Å². The third-order valence-electron chi connectivity index (χ3n) is 4.81. The highest BCUT2D eigenvalue weighted by Crippen LogP contribution is 2.35. The summed E-state index contributed by atoms with van der Waals surface area (Å²) in [6, 6.07) is 5.34. The number of thioether (sulfide) groups is 1. The number of amides is 1. The number of aromatic nitrogens is 1. The molecule has 1 aromatic heterocycles. The summed E-state index contributed by atoms with van der Waals surface area (Å²) in [4.78, 5) is 26.6. The van der Waals surface area contributed by atoms with E-state index in [1.807, 2.05) is 21.6 Å². The van der Waals surface area contributed by atoms with Crippen LogP contribution in [0.15, 0.2) is 23.0 Å². The van der Waals surface area contributed by atoms with Crippen molar-refractivity contribution in [3.8, 4) is 0 Å². The molecule has 2 bridgehead atoms. The van der Waals surface area contributed by atoms with Crippen molar-refractivity contribution in [1.82, 2.24) is 9.47 Å². The Morgan fingerprint density at radius 2 is 2.23 bits per heavy atom. The van der Waals surface area contributed by atoms with E-state index in [-0.39, 0.29) is 23.4 Å². The lowest BCUT2D eigenvalue weighted by Gasteiger charge is -2.43. The van der Waals surface area contributed by atoms with Crippen LogP contribution in [0, 0.1) is 5.92 Å². The van der Waals surface area contributed by atoms with Crippen LogP contribution in [0.25, 0.3) is 0 Å². The number of quaternary nitrogens is 1. The van der Waals surface area contributed by atoms with E-state index in [4.69, 9.17) is 0 Å². The molecule has 0 aromatic carbocycles. The zero-order valence-electron chi connectivity index (χ0n) is 13.0. The molecular formula is C16H24N3O2S+. The lowest BCUT2D eigenvalue weighted by atomic mass is 9.83. The number of piperidine rings is 1. The predicted molar refractivity (Wildman–Crippen MR) is 87.8 cm³/mol.